The van der Waals surface area contributed by atoms with Crippen molar-refractivity contribution in [2.75, 3.05) is 56.1 Å². The number of carbonyl (C=O) groups excluding carboxylic acids is 3. The van der Waals surface area contributed by atoms with Gasteiger partial charge in [0.15, 0.2) is 6.23 Å². The second-order valence-corrected chi connectivity index (χ2v) is 21.0. The summed E-state index contributed by atoms with van der Waals surface area (Å²) < 4.78 is 54.5. The number of aromatic nitrogens is 2. The minimum absolute atomic E-state index is 0.0513. The van der Waals surface area contributed by atoms with Gasteiger partial charge in [0.1, 0.15) is 29.8 Å². The number of amides is 3. The summed E-state index contributed by atoms with van der Waals surface area (Å²) in [5, 5.41) is 16.6. The van der Waals surface area contributed by atoms with Crippen LogP contribution in [0.1, 0.15) is 154 Å². The summed E-state index contributed by atoms with van der Waals surface area (Å²) in [4.78, 5) is 56.1. The van der Waals surface area contributed by atoms with Gasteiger partial charge in [-0.2, -0.15) is 5.26 Å². The third-order valence-electron chi connectivity index (χ3n) is 16.6. The molecule has 1 aliphatic carbocycles. The molecule has 4 fully saturated rings. The molecule has 1 saturated carbocycles. The van der Waals surface area contributed by atoms with Crippen molar-refractivity contribution < 1.29 is 32.3 Å². The number of alkyl halides is 2. The highest BCUT2D eigenvalue weighted by Gasteiger charge is 2.52. The van der Waals surface area contributed by atoms with Crippen molar-refractivity contribution >= 4 is 35.4 Å². The van der Waals surface area contributed by atoms with Crippen LogP contribution in [0.15, 0.2) is 48.3 Å². The number of nitriles is 1. The summed E-state index contributed by atoms with van der Waals surface area (Å²) in [5.41, 5.74) is 3.72. The first-order valence-electron chi connectivity index (χ1n) is 25.9. The van der Waals surface area contributed by atoms with E-state index in [1.807, 2.05) is 13.0 Å². The maximum atomic E-state index is 16.3. The Hall–Kier alpha value is -5.37. The van der Waals surface area contributed by atoms with Gasteiger partial charge in [0.2, 0.25) is 11.8 Å². The Morgan fingerprint density at radius 3 is 2.44 bits per heavy atom. The number of ether oxygens (including phenoxy) is 1. The molecule has 3 amide bonds. The van der Waals surface area contributed by atoms with E-state index in [4.69, 9.17) is 14.7 Å². The van der Waals surface area contributed by atoms with Gasteiger partial charge in [-0.15, -0.1) is 0 Å². The van der Waals surface area contributed by atoms with Gasteiger partial charge in [0.05, 0.1) is 23.7 Å². The Morgan fingerprint density at radius 2 is 1.69 bits per heavy atom. The average molecular weight is 962 g/mol. The van der Waals surface area contributed by atoms with Crippen molar-refractivity contribution in [1.82, 2.24) is 30.0 Å². The normalized spacial score (nSPS) is 28.2. The molecule has 2 N–H and O–H groups in total. The van der Waals surface area contributed by atoms with E-state index >= 15 is 13.2 Å². The number of benzene rings is 2. The fourth-order valence-electron chi connectivity index (χ4n) is 12.2. The van der Waals surface area contributed by atoms with Gasteiger partial charge >= 0.3 is 0 Å². The van der Waals surface area contributed by atoms with Crippen LogP contribution >= 0.6 is 0 Å². The molecule has 3 unspecified atom stereocenters. The lowest BCUT2D eigenvalue weighted by Gasteiger charge is -2.40. The fourth-order valence-corrected chi connectivity index (χ4v) is 12.2. The van der Waals surface area contributed by atoms with Crippen molar-refractivity contribution in [2.45, 2.75) is 146 Å². The van der Waals surface area contributed by atoms with Crippen LogP contribution in [0.2, 0.25) is 0 Å². The zero-order valence-electron chi connectivity index (χ0n) is 40.5. The lowest BCUT2D eigenvalue weighted by atomic mass is 9.85. The van der Waals surface area contributed by atoms with E-state index in [0.29, 0.717) is 56.5 Å². The predicted octanol–water partition coefficient (Wildman–Crippen LogP) is 8.83. The lowest BCUT2D eigenvalue weighted by molar-refractivity contribution is -0.136. The summed E-state index contributed by atoms with van der Waals surface area (Å²) in [7, 11) is 0. The van der Waals surface area contributed by atoms with Crippen LogP contribution < -0.4 is 15.5 Å². The van der Waals surface area contributed by atoms with E-state index in [2.05, 4.69) is 44.4 Å². The Balaban J connectivity index is 0.835. The molecular weight excluding hydrogens is 896 g/mol. The Bertz CT molecular complexity index is 2550. The molecule has 16 heteroatoms. The molecule has 7 aliphatic heterocycles. The van der Waals surface area contributed by atoms with Crippen molar-refractivity contribution in [2.24, 2.45) is 11.3 Å². The summed E-state index contributed by atoms with van der Waals surface area (Å²) in [6.45, 7) is 9.29. The number of likely N-dealkylation sites (tertiary alicyclic amines) is 1. The number of carbonyl (C=O) groups is 3. The van der Waals surface area contributed by atoms with Crippen LogP contribution in [0.25, 0.3) is 6.08 Å². The SMILES string of the molecule is CC1CCCCCCN2c3ncnc(c3C=C(C3(C#N)CC3)C2OCCCN2CCC(c3cc(F)cc4c3CN(C3CCC(=O)NC3=O)C4=O)CC2)N[C@H](C)c2cccc(c2)C(F)(F)C2CCN1CC2. The number of nitrogens with zero attached hydrogens (tertiary/aromatic N) is 7. The zero-order valence-corrected chi connectivity index (χ0v) is 40.5. The highest BCUT2D eigenvalue weighted by molar-refractivity contribution is 6.05. The average Bonchev–Trinajstić information content (AvgIpc) is 4.10. The van der Waals surface area contributed by atoms with Gasteiger partial charge < -0.3 is 29.7 Å². The lowest BCUT2D eigenvalue weighted by Crippen LogP contribution is -2.52. The molecular formula is C54H66F3N9O4. The first-order valence-corrected chi connectivity index (χ1v) is 25.9. The highest BCUT2D eigenvalue weighted by atomic mass is 19.3. The number of imide groups is 1. The van der Waals surface area contributed by atoms with Gasteiger partial charge in [0, 0.05) is 55.2 Å². The van der Waals surface area contributed by atoms with Crippen molar-refractivity contribution in [3.63, 3.8) is 0 Å². The summed E-state index contributed by atoms with van der Waals surface area (Å²) >= 11 is 0. The second kappa shape index (κ2) is 20.0. The standard InChI is InChI=1S/C54H66F3N9O4/c1-34-9-5-3-4-6-21-65-49-43(48(59-33-60-49)61-35(2)37-10-7-11-39(27-37)54(56,57)38-16-24-64(34)25-17-38)30-45(53(32-58)18-19-53)52(65)70-26-8-20-63-22-14-36(15-23-63)41-28-40(55)29-42-44(41)31-66(51(42)69)46-12-13-47(67)62-50(46)68/h7,10-11,27-30,33-36,38,46,52H,3-6,8-9,12-26,31H2,1-2H3,(H,59,60,61)(H,62,67,68)/t34?,35-,46?,52?/m1/s1. The topological polar surface area (TPSA) is 147 Å². The predicted molar refractivity (Wildman–Crippen MR) is 259 cm³/mol. The third-order valence-corrected chi connectivity index (χ3v) is 16.6. The quantitative estimate of drug-likeness (QED) is 0.165. The zero-order chi connectivity index (χ0) is 48.7. The van der Waals surface area contributed by atoms with E-state index in [1.165, 1.54) is 11.0 Å². The van der Waals surface area contributed by atoms with E-state index in [0.717, 1.165) is 117 Å². The number of fused-ring (bicyclic) bond motifs is 10. The van der Waals surface area contributed by atoms with Gasteiger partial charge in [-0.05, 0) is 157 Å². The van der Waals surface area contributed by atoms with E-state index in [9.17, 15) is 19.6 Å². The Kier molecular flexibility index (Phi) is 13.8. The van der Waals surface area contributed by atoms with Crippen LogP contribution in [-0.2, 0) is 26.8 Å². The largest absolute Gasteiger partial charge is 0.363 e. The first-order chi connectivity index (χ1) is 33.8. The molecule has 8 bridgehead atoms. The van der Waals surface area contributed by atoms with Gasteiger partial charge in [0.25, 0.3) is 11.8 Å². The smallest absolute Gasteiger partial charge is 0.276 e. The van der Waals surface area contributed by atoms with Gasteiger partial charge in [-0.25, -0.2) is 23.1 Å². The van der Waals surface area contributed by atoms with E-state index in [1.54, 1.807) is 30.6 Å². The number of hydrogen-bond acceptors (Lipinski definition) is 11. The molecule has 372 valence electrons. The van der Waals surface area contributed by atoms with Crippen molar-refractivity contribution in [1.29, 1.82) is 5.26 Å². The molecule has 3 aromatic rings. The maximum absolute atomic E-state index is 16.3. The second-order valence-electron chi connectivity index (χ2n) is 21.0. The van der Waals surface area contributed by atoms with Crippen LogP contribution in [0.3, 0.4) is 0 Å². The summed E-state index contributed by atoms with van der Waals surface area (Å²) in [6.07, 6.45) is 13.3. The number of anilines is 2. The first kappa shape index (κ1) is 48.3. The molecule has 2 aromatic carbocycles. The van der Waals surface area contributed by atoms with Crippen LogP contribution in [-0.4, -0.2) is 107 Å². The molecule has 0 spiro atoms. The molecule has 4 atom stereocenters. The molecule has 70 heavy (non-hydrogen) atoms. The molecule has 0 radical (unpaired) electrons. The highest BCUT2D eigenvalue weighted by Crippen LogP contribution is 2.56. The number of halogens is 3. The number of hydrogen-bond donors (Lipinski definition) is 2. The van der Waals surface area contributed by atoms with Crippen molar-refractivity contribution in [3.8, 4) is 6.07 Å². The minimum Gasteiger partial charge on any atom is -0.363 e. The Morgan fingerprint density at radius 1 is 0.900 bits per heavy atom. The van der Waals surface area contributed by atoms with Crippen LogP contribution in [0.5, 0.6) is 0 Å². The van der Waals surface area contributed by atoms with Crippen LogP contribution in [0, 0.1) is 28.5 Å². The fraction of sp³-hybridized carbons (Fsp3) is 0.593. The summed E-state index contributed by atoms with van der Waals surface area (Å²) in [6, 6.07) is 11.5. The van der Waals surface area contributed by atoms with E-state index in [-0.39, 0.29) is 48.7 Å². The molecule has 8 heterocycles. The van der Waals surface area contributed by atoms with Crippen molar-refractivity contribution in [3.05, 3.63) is 87.5 Å². The molecule has 11 rings (SSSR count). The third kappa shape index (κ3) is 9.57. The summed E-state index contributed by atoms with van der Waals surface area (Å²) in [5.74, 6) is -3.95. The maximum Gasteiger partial charge on any atom is 0.276 e. The van der Waals surface area contributed by atoms with Gasteiger partial charge in [-0.1, -0.05) is 37.5 Å². The van der Waals surface area contributed by atoms with Gasteiger partial charge in [-0.3, -0.25) is 19.7 Å². The molecule has 13 nitrogen and oxygen atoms in total. The molecule has 8 aliphatic rings. The monoisotopic (exact) mass is 962 g/mol. The van der Waals surface area contributed by atoms with Crippen LogP contribution in [0.4, 0.5) is 24.8 Å². The Labute approximate surface area is 409 Å². The van der Waals surface area contributed by atoms with E-state index < -0.39 is 41.2 Å². The molecule has 1 aromatic heterocycles. The number of rotatable bonds is 8. The number of piperidine rings is 3. The minimum atomic E-state index is -2.95. The number of nitrogens with one attached hydrogen (secondary N) is 2. The molecule has 3 saturated heterocycles.